The number of hydrogen-bond acceptors (Lipinski definition) is 7. The molecular weight excluding hydrogens is 664 g/mol. The Hall–Kier alpha value is -5.61. The van der Waals surface area contributed by atoms with Crippen molar-refractivity contribution in [3.63, 3.8) is 0 Å². The average Bonchev–Trinajstić information content (AvgIpc) is 3.73. The third-order valence-electron chi connectivity index (χ3n) is 7.48. The SMILES string of the molecule is CN(C)Cc1c(-c2ccc(NC(=O)NCC(F)F)cc2)sc2c1c(=O)n(-c1ccc(-n3cccn3)cn1)c(=O)n2Cc1c(F)cccc1F. The van der Waals surface area contributed by atoms with Crippen molar-refractivity contribution in [3.8, 4) is 21.9 Å². The van der Waals surface area contributed by atoms with Crippen LogP contribution in [0.4, 0.5) is 28.0 Å². The number of nitrogens with zero attached hydrogens (tertiary/aromatic N) is 6. The number of nitrogens with one attached hydrogen (secondary N) is 2. The molecule has 0 aliphatic rings. The molecule has 0 fully saturated rings. The lowest BCUT2D eigenvalue weighted by Crippen LogP contribution is -2.39. The van der Waals surface area contributed by atoms with Gasteiger partial charge in [-0.1, -0.05) is 18.2 Å². The standard InChI is InChI=1S/C33H28F4N8O3S/c1-42(2)17-23-28-30(46)45(27-12-11-21(15-38-27)44-14-4-13-40-44)33(48)43(18-22-24(34)5-3-6-25(22)35)31(28)49-29(23)19-7-9-20(10-8-19)41-32(47)39-16-26(36)37/h3-15,26H,16-18H2,1-2H3,(H2,39,41,47). The zero-order valence-electron chi connectivity index (χ0n) is 26.0. The molecule has 2 aromatic carbocycles. The van der Waals surface area contributed by atoms with Crippen LogP contribution in [0, 0.1) is 11.6 Å². The summed E-state index contributed by atoms with van der Waals surface area (Å²) in [7, 11) is 3.61. The van der Waals surface area contributed by atoms with Gasteiger partial charge in [-0.3, -0.25) is 9.36 Å². The van der Waals surface area contributed by atoms with E-state index in [0.29, 0.717) is 27.4 Å². The van der Waals surface area contributed by atoms with E-state index in [1.54, 1.807) is 67.6 Å². The van der Waals surface area contributed by atoms with Gasteiger partial charge in [0.05, 0.1) is 30.4 Å². The predicted octanol–water partition coefficient (Wildman–Crippen LogP) is 5.24. The predicted molar refractivity (Wildman–Crippen MR) is 178 cm³/mol. The smallest absolute Gasteiger partial charge is 0.332 e. The number of amides is 2. The second-order valence-electron chi connectivity index (χ2n) is 11.2. The van der Waals surface area contributed by atoms with Gasteiger partial charge in [0.25, 0.3) is 12.0 Å². The van der Waals surface area contributed by atoms with Gasteiger partial charge in [-0.15, -0.1) is 11.3 Å². The first kappa shape index (κ1) is 33.3. The molecular formula is C33H28F4N8O3S. The summed E-state index contributed by atoms with van der Waals surface area (Å²) in [5, 5.41) is 8.87. The molecule has 4 aromatic heterocycles. The molecule has 0 atom stereocenters. The lowest BCUT2D eigenvalue weighted by atomic mass is 10.1. The third kappa shape index (κ3) is 6.86. The van der Waals surface area contributed by atoms with Crippen LogP contribution in [0.15, 0.2) is 88.8 Å². The van der Waals surface area contributed by atoms with Crippen molar-refractivity contribution < 1.29 is 22.4 Å². The van der Waals surface area contributed by atoms with E-state index in [2.05, 4.69) is 20.7 Å². The molecule has 6 aromatic rings. The number of aromatic nitrogens is 5. The van der Waals surface area contributed by atoms with Crippen molar-refractivity contribution in [1.82, 2.24) is 34.1 Å². The minimum atomic E-state index is -2.70. The molecule has 11 nitrogen and oxygen atoms in total. The number of urea groups is 1. The van der Waals surface area contributed by atoms with Crippen LogP contribution in [0.2, 0.25) is 0 Å². The molecule has 0 aliphatic carbocycles. The number of fused-ring (bicyclic) bond motifs is 1. The Kier molecular flexibility index (Phi) is 9.42. The molecule has 49 heavy (non-hydrogen) atoms. The van der Waals surface area contributed by atoms with Crippen LogP contribution in [-0.4, -0.2) is 61.9 Å². The molecule has 2 N–H and O–H groups in total. The first-order chi connectivity index (χ1) is 23.5. The molecule has 16 heteroatoms. The Balaban J connectivity index is 1.54. The number of carbonyl (C=O) groups is 1. The van der Waals surface area contributed by atoms with Gasteiger partial charge in [0, 0.05) is 35.1 Å². The summed E-state index contributed by atoms with van der Waals surface area (Å²) in [6.45, 7) is -1.07. The van der Waals surface area contributed by atoms with Gasteiger partial charge in [-0.25, -0.2) is 41.4 Å². The maximum Gasteiger partial charge on any atom is 0.338 e. The quantitative estimate of drug-likeness (QED) is 0.190. The van der Waals surface area contributed by atoms with Crippen molar-refractivity contribution in [1.29, 1.82) is 0 Å². The van der Waals surface area contributed by atoms with E-state index in [1.165, 1.54) is 18.3 Å². The average molecular weight is 693 g/mol. The normalized spacial score (nSPS) is 11.5. The van der Waals surface area contributed by atoms with E-state index < -0.39 is 48.4 Å². The summed E-state index contributed by atoms with van der Waals surface area (Å²) in [5.41, 5.74) is 0.186. The number of anilines is 1. The fourth-order valence-electron chi connectivity index (χ4n) is 5.27. The van der Waals surface area contributed by atoms with E-state index in [0.717, 1.165) is 32.6 Å². The highest BCUT2D eigenvalue weighted by Gasteiger charge is 2.25. The third-order valence-corrected chi connectivity index (χ3v) is 8.78. The largest absolute Gasteiger partial charge is 0.338 e. The van der Waals surface area contributed by atoms with E-state index >= 15 is 0 Å². The van der Waals surface area contributed by atoms with Gasteiger partial charge < -0.3 is 15.5 Å². The Morgan fingerprint density at radius 1 is 0.980 bits per heavy atom. The second kappa shape index (κ2) is 13.9. The molecule has 0 bridgehead atoms. The molecule has 2 amide bonds. The van der Waals surface area contributed by atoms with Gasteiger partial charge >= 0.3 is 11.7 Å². The van der Waals surface area contributed by atoms with Crippen molar-refractivity contribution in [3.05, 3.63) is 123 Å². The highest BCUT2D eigenvalue weighted by Crippen LogP contribution is 2.38. The minimum Gasteiger partial charge on any atom is -0.332 e. The minimum absolute atomic E-state index is 0.000314. The molecule has 0 spiro atoms. The van der Waals surface area contributed by atoms with Crippen molar-refractivity contribution >= 4 is 33.3 Å². The zero-order chi connectivity index (χ0) is 34.8. The van der Waals surface area contributed by atoms with Crippen LogP contribution in [0.5, 0.6) is 0 Å². The number of alkyl halides is 2. The summed E-state index contributed by atoms with van der Waals surface area (Å²) >= 11 is 1.10. The lowest BCUT2D eigenvalue weighted by Gasteiger charge is -2.15. The number of carbonyl (C=O) groups excluding carboxylic acids is 1. The van der Waals surface area contributed by atoms with Crippen LogP contribution in [-0.2, 0) is 13.1 Å². The first-order valence-corrected chi connectivity index (χ1v) is 15.6. The van der Waals surface area contributed by atoms with Gasteiger partial charge in [-0.05, 0) is 67.7 Å². The molecule has 0 radical (unpaired) electrons. The van der Waals surface area contributed by atoms with Crippen molar-refractivity contribution in [2.24, 2.45) is 0 Å². The first-order valence-electron chi connectivity index (χ1n) is 14.8. The number of benzene rings is 2. The van der Waals surface area contributed by atoms with Gasteiger partial charge in [0.2, 0.25) is 0 Å². The van der Waals surface area contributed by atoms with Gasteiger partial charge in [0.1, 0.15) is 22.3 Å². The Morgan fingerprint density at radius 3 is 2.33 bits per heavy atom. The van der Waals surface area contributed by atoms with Gasteiger partial charge in [0.15, 0.2) is 0 Å². The maximum atomic E-state index is 15.0. The summed E-state index contributed by atoms with van der Waals surface area (Å²) in [5.74, 6) is -1.71. The van der Waals surface area contributed by atoms with E-state index in [1.807, 2.05) is 4.90 Å². The van der Waals surface area contributed by atoms with Crippen LogP contribution in [0.1, 0.15) is 11.1 Å². The van der Waals surface area contributed by atoms with Crippen LogP contribution in [0.25, 0.3) is 32.2 Å². The summed E-state index contributed by atoms with van der Waals surface area (Å²) in [4.78, 5) is 47.6. The molecule has 0 saturated heterocycles. The maximum absolute atomic E-state index is 15.0. The fourth-order valence-corrected chi connectivity index (χ4v) is 6.57. The molecule has 6 rings (SSSR count). The number of rotatable bonds is 10. The van der Waals surface area contributed by atoms with Gasteiger partial charge in [-0.2, -0.15) is 5.10 Å². The van der Waals surface area contributed by atoms with E-state index in [4.69, 9.17) is 0 Å². The highest BCUT2D eigenvalue weighted by molar-refractivity contribution is 7.22. The van der Waals surface area contributed by atoms with Crippen molar-refractivity contribution in [2.45, 2.75) is 19.5 Å². The van der Waals surface area contributed by atoms with Crippen LogP contribution in [0.3, 0.4) is 0 Å². The van der Waals surface area contributed by atoms with Crippen molar-refractivity contribution in [2.75, 3.05) is 26.0 Å². The second-order valence-corrected chi connectivity index (χ2v) is 12.2. The molecule has 0 unspecified atom stereocenters. The lowest BCUT2D eigenvalue weighted by molar-refractivity contribution is 0.148. The molecule has 0 saturated carbocycles. The molecule has 252 valence electrons. The van der Waals surface area contributed by atoms with E-state index in [9.17, 15) is 31.9 Å². The van der Waals surface area contributed by atoms with E-state index in [-0.39, 0.29) is 28.1 Å². The summed E-state index contributed by atoms with van der Waals surface area (Å²) < 4.78 is 58.5. The Morgan fingerprint density at radius 2 is 1.71 bits per heavy atom. The number of thiophene rings is 1. The molecule has 0 aliphatic heterocycles. The number of pyridine rings is 1. The summed E-state index contributed by atoms with van der Waals surface area (Å²) in [6.07, 6.45) is 2.04. The Bertz CT molecular complexity index is 2230. The van der Waals surface area contributed by atoms with Crippen LogP contribution < -0.4 is 21.9 Å². The topological polar surface area (TPSA) is 119 Å². The number of halogens is 4. The zero-order valence-corrected chi connectivity index (χ0v) is 26.8. The summed E-state index contributed by atoms with van der Waals surface area (Å²) in [6, 6.07) is 13.9. The van der Waals surface area contributed by atoms with Crippen LogP contribution >= 0.6 is 11.3 Å². The highest BCUT2D eigenvalue weighted by atomic mass is 32.1. The fraction of sp³-hybridized carbons (Fsp3) is 0.182. The Labute approximate surface area is 279 Å². The molecule has 4 heterocycles. The monoisotopic (exact) mass is 692 g/mol. The number of hydrogen-bond donors (Lipinski definition) is 2.